The lowest BCUT2D eigenvalue weighted by atomic mass is 9.84. The lowest BCUT2D eigenvalue weighted by Crippen LogP contribution is -2.29. The van der Waals surface area contributed by atoms with Gasteiger partial charge in [0, 0.05) is 24.0 Å². The minimum atomic E-state index is -0.163. The van der Waals surface area contributed by atoms with Gasteiger partial charge in [0.2, 0.25) is 0 Å². The molecule has 1 aromatic carbocycles. The molecule has 1 N–H and O–H groups in total. The molecule has 0 aliphatic rings. The van der Waals surface area contributed by atoms with Crippen molar-refractivity contribution in [3.63, 3.8) is 0 Å². The fraction of sp³-hybridized carbons (Fsp3) is 0.333. The van der Waals surface area contributed by atoms with Crippen molar-refractivity contribution in [1.82, 2.24) is 9.78 Å². The molecule has 1 heterocycles. The summed E-state index contributed by atoms with van der Waals surface area (Å²) in [5.74, 6) is 0. The summed E-state index contributed by atoms with van der Waals surface area (Å²) in [6.45, 7) is 4.93. The number of rotatable bonds is 4. The molecule has 0 saturated carbocycles. The number of anilines is 1. The first-order chi connectivity index (χ1) is 9.81. The van der Waals surface area contributed by atoms with Crippen LogP contribution in [0.2, 0.25) is 5.02 Å². The summed E-state index contributed by atoms with van der Waals surface area (Å²) >= 11 is 9.23. The van der Waals surface area contributed by atoms with Gasteiger partial charge in [-0.1, -0.05) is 37.6 Å². The summed E-state index contributed by atoms with van der Waals surface area (Å²) in [4.78, 5) is 11.8. The number of nitrogens with one attached hydrogen (secondary N) is 1. The van der Waals surface area contributed by atoms with E-state index in [0.717, 1.165) is 5.02 Å². The van der Waals surface area contributed by atoms with Gasteiger partial charge in [0.25, 0.3) is 5.56 Å². The van der Waals surface area contributed by atoms with Crippen LogP contribution in [0.3, 0.4) is 0 Å². The molecule has 0 aliphatic heterocycles. The molecule has 4 nitrogen and oxygen atoms in total. The highest BCUT2D eigenvalue weighted by Crippen LogP contribution is 2.26. The summed E-state index contributed by atoms with van der Waals surface area (Å²) in [6.07, 6.45) is 1.64. The highest BCUT2D eigenvalue weighted by Gasteiger charge is 2.21. The van der Waals surface area contributed by atoms with Gasteiger partial charge in [0.1, 0.15) is 4.47 Å². The second-order valence-corrected chi connectivity index (χ2v) is 6.77. The van der Waals surface area contributed by atoms with Crippen LogP contribution in [0, 0.1) is 0 Å². The van der Waals surface area contributed by atoms with E-state index in [1.807, 2.05) is 24.3 Å². The Kier molecular flexibility index (Phi) is 4.74. The molecule has 0 aliphatic carbocycles. The largest absolute Gasteiger partial charge is 0.382 e. The third-order valence-electron chi connectivity index (χ3n) is 3.42. The van der Waals surface area contributed by atoms with Crippen molar-refractivity contribution in [1.29, 1.82) is 0 Å². The van der Waals surface area contributed by atoms with Crippen molar-refractivity contribution in [2.45, 2.75) is 19.3 Å². The first-order valence-corrected chi connectivity index (χ1v) is 7.70. The van der Waals surface area contributed by atoms with Crippen LogP contribution in [0.1, 0.15) is 19.4 Å². The van der Waals surface area contributed by atoms with Crippen molar-refractivity contribution in [2.24, 2.45) is 7.05 Å². The Labute approximate surface area is 137 Å². The second kappa shape index (κ2) is 6.20. The van der Waals surface area contributed by atoms with Crippen molar-refractivity contribution < 1.29 is 0 Å². The molecule has 0 fully saturated rings. The molecule has 112 valence electrons. The van der Waals surface area contributed by atoms with Gasteiger partial charge >= 0.3 is 0 Å². The number of hydrogen-bond donors (Lipinski definition) is 1. The van der Waals surface area contributed by atoms with E-state index in [1.54, 1.807) is 13.2 Å². The molecule has 0 unspecified atom stereocenters. The molecule has 0 amide bonds. The molecular formula is C15H17BrClN3O. The number of halogens is 2. The maximum absolute atomic E-state index is 11.8. The van der Waals surface area contributed by atoms with Crippen molar-refractivity contribution >= 4 is 33.2 Å². The Balaban J connectivity index is 2.17. The number of benzene rings is 1. The lowest BCUT2D eigenvalue weighted by molar-refractivity contribution is 0.556. The summed E-state index contributed by atoms with van der Waals surface area (Å²) in [7, 11) is 1.62. The number of hydrogen-bond acceptors (Lipinski definition) is 3. The third-order valence-corrected chi connectivity index (χ3v) is 4.44. The van der Waals surface area contributed by atoms with E-state index in [1.165, 1.54) is 10.2 Å². The van der Waals surface area contributed by atoms with Crippen LogP contribution in [0.5, 0.6) is 0 Å². The Morgan fingerprint density at radius 3 is 2.57 bits per heavy atom. The van der Waals surface area contributed by atoms with Crippen LogP contribution in [-0.4, -0.2) is 16.3 Å². The van der Waals surface area contributed by atoms with E-state index in [4.69, 9.17) is 11.6 Å². The van der Waals surface area contributed by atoms with E-state index < -0.39 is 0 Å². The summed E-state index contributed by atoms with van der Waals surface area (Å²) in [5.41, 5.74) is 1.60. The number of aryl methyl sites for hydroxylation is 1. The topological polar surface area (TPSA) is 46.9 Å². The lowest BCUT2D eigenvalue weighted by Gasteiger charge is -2.26. The molecule has 0 bridgehead atoms. The van der Waals surface area contributed by atoms with Crippen molar-refractivity contribution in [2.75, 3.05) is 11.9 Å². The van der Waals surface area contributed by atoms with E-state index in [2.05, 4.69) is 40.2 Å². The molecule has 2 rings (SSSR count). The van der Waals surface area contributed by atoms with Gasteiger partial charge in [-0.15, -0.1) is 0 Å². The van der Waals surface area contributed by atoms with Crippen molar-refractivity contribution in [3.8, 4) is 0 Å². The summed E-state index contributed by atoms with van der Waals surface area (Å²) in [6, 6.07) is 7.80. The molecule has 0 atom stereocenters. The summed E-state index contributed by atoms with van der Waals surface area (Å²) < 4.78 is 1.78. The van der Waals surface area contributed by atoms with Gasteiger partial charge in [-0.05, 0) is 33.6 Å². The van der Waals surface area contributed by atoms with Crippen LogP contribution in [0.15, 0.2) is 39.7 Å². The molecular weight excluding hydrogens is 354 g/mol. The average molecular weight is 371 g/mol. The molecule has 0 spiro atoms. The molecule has 2 aromatic rings. The fourth-order valence-corrected chi connectivity index (χ4v) is 2.58. The fourth-order valence-electron chi connectivity index (χ4n) is 1.95. The van der Waals surface area contributed by atoms with Gasteiger partial charge in [-0.25, -0.2) is 4.68 Å². The van der Waals surface area contributed by atoms with Gasteiger partial charge in [-0.3, -0.25) is 4.79 Å². The van der Waals surface area contributed by atoms with Gasteiger partial charge in [0.05, 0.1) is 11.9 Å². The summed E-state index contributed by atoms with van der Waals surface area (Å²) in [5, 5.41) is 8.02. The predicted molar refractivity (Wildman–Crippen MR) is 90.1 cm³/mol. The Morgan fingerprint density at radius 1 is 1.33 bits per heavy atom. The standard InChI is InChI=1S/C15H17BrClN3O/c1-15(2,10-4-6-11(17)7-5-10)9-18-12-8-19-20(3)14(21)13(12)16/h4-8,18H,9H2,1-3H3. The van der Waals surface area contributed by atoms with Crippen LogP contribution in [0.25, 0.3) is 0 Å². The zero-order chi connectivity index (χ0) is 15.6. The minimum Gasteiger partial charge on any atom is -0.382 e. The first kappa shape index (κ1) is 16.0. The highest BCUT2D eigenvalue weighted by atomic mass is 79.9. The van der Waals surface area contributed by atoms with E-state index >= 15 is 0 Å². The average Bonchev–Trinajstić information content (AvgIpc) is 2.44. The normalized spacial score (nSPS) is 11.5. The molecule has 0 radical (unpaired) electrons. The molecule has 21 heavy (non-hydrogen) atoms. The molecule has 6 heteroatoms. The van der Waals surface area contributed by atoms with Crippen LogP contribution in [0.4, 0.5) is 5.69 Å². The van der Waals surface area contributed by atoms with Crippen LogP contribution < -0.4 is 10.9 Å². The van der Waals surface area contributed by atoms with E-state index in [-0.39, 0.29) is 11.0 Å². The monoisotopic (exact) mass is 369 g/mol. The maximum Gasteiger partial charge on any atom is 0.282 e. The van der Waals surface area contributed by atoms with Gasteiger partial charge in [0.15, 0.2) is 0 Å². The Bertz CT molecular complexity index is 695. The zero-order valence-electron chi connectivity index (χ0n) is 12.2. The zero-order valence-corrected chi connectivity index (χ0v) is 14.5. The van der Waals surface area contributed by atoms with Gasteiger partial charge < -0.3 is 5.32 Å². The van der Waals surface area contributed by atoms with Crippen LogP contribution >= 0.6 is 27.5 Å². The predicted octanol–water partition coefficient (Wildman–Crippen LogP) is 3.59. The molecule has 0 saturated heterocycles. The van der Waals surface area contributed by atoms with Crippen molar-refractivity contribution in [3.05, 3.63) is 55.9 Å². The smallest absolute Gasteiger partial charge is 0.282 e. The maximum atomic E-state index is 11.8. The Morgan fingerprint density at radius 2 is 1.95 bits per heavy atom. The minimum absolute atomic E-state index is 0.106. The highest BCUT2D eigenvalue weighted by molar-refractivity contribution is 9.10. The third kappa shape index (κ3) is 3.66. The molecule has 1 aromatic heterocycles. The second-order valence-electron chi connectivity index (χ2n) is 5.55. The Hall–Kier alpha value is -1.33. The quantitative estimate of drug-likeness (QED) is 0.895. The van der Waals surface area contributed by atoms with E-state index in [0.29, 0.717) is 16.7 Å². The van der Waals surface area contributed by atoms with Gasteiger partial charge in [-0.2, -0.15) is 5.10 Å². The van der Waals surface area contributed by atoms with E-state index in [9.17, 15) is 4.79 Å². The number of aromatic nitrogens is 2. The number of nitrogens with zero attached hydrogens (tertiary/aromatic N) is 2. The SMILES string of the molecule is Cn1ncc(NCC(C)(C)c2ccc(Cl)cc2)c(Br)c1=O. The van der Waals surface area contributed by atoms with Crippen LogP contribution in [-0.2, 0) is 12.5 Å². The first-order valence-electron chi connectivity index (χ1n) is 6.53.